The minimum atomic E-state index is 0.471. The first-order chi connectivity index (χ1) is 15.4. The summed E-state index contributed by atoms with van der Waals surface area (Å²) in [5, 5.41) is 0.692. The van der Waals surface area contributed by atoms with Crippen LogP contribution < -0.4 is 4.74 Å². The van der Waals surface area contributed by atoms with Gasteiger partial charge in [-0.25, -0.2) is 4.98 Å². The van der Waals surface area contributed by atoms with Gasteiger partial charge in [-0.3, -0.25) is 4.57 Å². The van der Waals surface area contributed by atoms with Gasteiger partial charge in [-0.2, -0.15) is 4.98 Å². The fourth-order valence-corrected chi connectivity index (χ4v) is 3.70. The molecule has 0 aliphatic rings. The van der Waals surface area contributed by atoms with E-state index in [1.165, 1.54) is 5.56 Å². The maximum Gasteiger partial charge on any atom is 0.307 e. The maximum atomic E-state index is 6.17. The third kappa shape index (κ3) is 4.89. The molecule has 0 saturated carbocycles. The minimum absolute atomic E-state index is 0.471. The number of ether oxygens (including phenoxy) is 1. The van der Waals surface area contributed by atoms with Crippen molar-refractivity contribution >= 4 is 11.6 Å². The molecule has 32 heavy (non-hydrogen) atoms. The lowest BCUT2D eigenvalue weighted by molar-refractivity contribution is 0.303. The number of benzene rings is 2. The van der Waals surface area contributed by atoms with Crippen LogP contribution in [0.2, 0.25) is 5.02 Å². The van der Waals surface area contributed by atoms with Crippen LogP contribution in [0.1, 0.15) is 48.9 Å². The SMILES string of the molecule is Cc1ccc(C(C)C)cc1OCCCc1oc(-n2ccnc2C)nc1-c1ccc(Cl)cc1. The van der Waals surface area contributed by atoms with E-state index < -0.39 is 0 Å². The number of imidazole rings is 1. The number of nitrogens with zero attached hydrogens (tertiary/aromatic N) is 3. The summed E-state index contributed by atoms with van der Waals surface area (Å²) in [6, 6.07) is 14.6. The molecule has 0 bridgehead atoms. The lowest BCUT2D eigenvalue weighted by Gasteiger charge is -2.12. The lowest BCUT2D eigenvalue weighted by Crippen LogP contribution is -2.02. The molecule has 4 rings (SSSR count). The Bertz CT molecular complexity index is 1190. The number of rotatable bonds is 8. The second kappa shape index (κ2) is 9.61. The molecule has 2 heterocycles. The summed E-state index contributed by atoms with van der Waals surface area (Å²) in [7, 11) is 0. The predicted octanol–water partition coefficient (Wildman–Crippen LogP) is 6.93. The van der Waals surface area contributed by atoms with Crippen molar-refractivity contribution in [2.45, 2.75) is 46.5 Å². The highest BCUT2D eigenvalue weighted by Crippen LogP contribution is 2.29. The van der Waals surface area contributed by atoms with E-state index >= 15 is 0 Å². The van der Waals surface area contributed by atoms with E-state index in [1.807, 2.05) is 42.0 Å². The summed E-state index contributed by atoms with van der Waals surface area (Å²) in [4.78, 5) is 9.05. The second-order valence-corrected chi connectivity index (χ2v) is 8.69. The zero-order valence-corrected chi connectivity index (χ0v) is 19.7. The van der Waals surface area contributed by atoms with Gasteiger partial charge in [-0.1, -0.05) is 49.7 Å². The zero-order valence-electron chi connectivity index (χ0n) is 18.9. The highest BCUT2D eigenvalue weighted by Gasteiger charge is 2.17. The molecule has 0 radical (unpaired) electrons. The van der Waals surface area contributed by atoms with E-state index in [9.17, 15) is 0 Å². The molecule has 6 heteroatoms. The molecule has 2 aromatic heterocycles. The van der Waals surface area contributed by atoms with Crippen LogP contribution in [0.15, 0.2) is 59.3 Å². The quantitative estimate of drug-likeness (QED) is 0.273. The summed E-state index contributed by atoms with van der Waals surface area (Å²) in [5.41, 5.74) is 4.22. The smallest absolute Gasteiger partial charge is 0.307 e. The van der Waals surface area contributed by atoms with E-state index in [4.69, 9.17) is 25.7 Å². The van der Waals surface area contributed by atoms with Crippen LogP contribution in [0.5, 0.6) is 5.75 Å². The van der Waals surface area contributed by atoms with Crippen molar-refractivity contribution in [2.75, 3.05) is 6.61 Å². The van der Waals surface area contributed by atoms with Crippen LogP contribution in [0.4, 0.5) is 0 Å². The standard InChI is InChI=1S/C26H28ClN3O2/c1-17(2)21-8-7-18(3)24(16-21)31-15-5-6-23-25(20-9-11-22(27)12-10-20)29-26(32-23)30-14-13-28-19(30)4/h7-14,16-17H,5-6,15H2,1-4H3. The van der Waals surface area contributed by atoms with Crippen molar-refractivity contribution in [1.82, 2.24) is 14.5 Å². The van der Waals surface area contributed by atoms with Gasteiger partial charge in [0.05, 0.1) is 6.61 Å². The second-order valence-electron chi connectivity index (χ2n) is 8.25. The molecule has 166 valence electrons. The highest BCUT2D eigenvalue weighted by molar-refractivity contribution is 6.30. The Morgan fingerprint density at radius 3 is 2.56 bits per heavy atom. The zero-order chi connectivity index (χ0) is 22.7. The molecule has 2 aromatic carbocycles. The van der Waals surface area contributed by atoms with E-state index in [0.717, 1.165) is 40.6 Å². The van der Waals surface area contributed by atoms with Crippen molar-refractivity contribution in [2.24, 2.45) is 0 Å². The normalized spacial score (nSPS) is 11.3. The average molecular weight is 450 g/mol. The van der Waals surface area contributed by atoms with Crippen LogP contribution in [-0.4, -0.2) is 21.1 Å². The van der Waals surface area contributed by atoms with Gasteiger partial charge >= 0.3 is 6.01 Å². The number of hydrogen-bond donors (Lipinski definition) is 0. The number of aromatic nitrogens is 3. The van der Waals surface area contributed by atoms with Crippen molar-refractivity contribution in [3.05, 3.63) is 82.6 Å². The number of oxazole rings is 1. The summed E-state index contributed by atoms with van der Waals surface area (Å²) < 4.78 is 14.1. The van der Waals surface area contributed by atoms with Gasteiger partial charge in [0.15, 0.2) is 0 Å². The number of aryl methyl sites for hydroxylation is 3. The first-order valence-electron chi connectivity index (χ1n) is 10.9. The largest absolute Gasteiger partial charge is 0.493 e. The molecule has 0 aliphatic carbocycles. The minimum Gasteiger partial charge on any atom is -0.493 e. The van der Waals surface area contributed by atoms with Gasteiger partial charge in [0.1, 0.15) is 23.0 Å². The van der Waals surface area contributed by atoms with E-state index in [-0.39, 0.29) is 0 Å². The molecular formula is C26H28ClN3O2. The Kier molecular flexibility index (Phi) is 6.66. The van der Waals surface area contributed by atoms with Gasteiger partial charge in [0, 0.05) is 29.4 Å². The summed E-state index contributed by atoms with van der Waals surface area (Å²) in [6.45, 7) is 8.98. The van der Waals surface area contributed by atoms with Crippen molar-refractivity contribution in [3.8, 4) is 23.0 Å². The fourth-order valence-electron chi connectivity index (χ4n) is 3.57. The van der Waals surface area contributed by atoms with Gasteiger partial charge < -0.3 is 9.15 Å². The van der Waals surface area contributed by atoms with Crippen molar-refractivity contribution in [3.63, 3.8) is 0 Å². The molecule has 0 spiro atoms. The lowest BCUT2D eigenvalue weighted by atomic mass is 10.0. The van der Waals surface area contributed by atoms with Crippen molar-refractivity contribution < 1.29 is 9.15 Å². The van der Waals surface area contributed by atoms with Gasteiger partial charge in [0.2, 0.25) is 0 Å². The third-order valence-electron chi connectivity index (χ3n) is 5.52. The maximum absolute atomic E-state index is 6.17. The first kappa shape index (κ1) is 22.2. The summed E-state index contributed by atoms with van der Waals surface area (Å²) in [5.74, 6) is 3.07. The van der Waals surface area contributed by atoms with Crippen LogP contribution in [0.25, 0.3) is 17.3 Å². The molecule has 5 nitrogen and oxygen atoms in total. The molecule has 0 fully saturated rings. The average Bonchev–Trinajstić information content (AvgIpc) is 3.38. The van der Waals surface area contributed by atoms with E-state index in [0.29, 0.717) is 30.0 Å². The molecule has 0 amide bonds. The molecule has 4 aromatic rings. The predicted molar refractivity (Wildman–Crippen MR) is 128 cm³/mol. The number of hydrogen-bond acceptors (Lipinski definition) is 4. The first-order valence-corrected chi connectivity index (χ1v) is 11.3. The van der Waals surface area contributed by atoms with Crippen LogP contribution >= 0.6 is 11.6 Å². The Hall–Kier alpha value is -3.05. The Balaban J connectivity index is 1.51. The van der Waals surface area contributed by atoms with Crippen LogP contribution in [0, 0.1) is 13.8 Å². The van der Waals surface area contributed by atoms with E-state index in [2.05, 4.69) is 44.0 Å². The van der Waals surface area contributed by atoms with Crippen molar-refractivity contribution in [1.29, 1.82) is 0 Å². The van der Waals surface area contributed by atoms with Gasteiger partial charge in [-0.15, -0.1) is 0 Å². The highest BCUT2D eigenvalue weighted by atomic mass is 35.5. The Morgan fingerprint density at radius 1 is 1.09 bits per heavy atom. The van der Waals surface area contributed by atoms with Gasteiger partial charge in [0.25, 0.3) is 0 Å². The fraction of sp³-hybridized carbons (Fsp3) is 0.308. The monoisotopic (exact) mass is 449 g/mol. The third-order valence-corrected chi connectivity index (χ3v) is 5.77. The Labute approximate surface area is 194 Å². The molecule has 0 atom stereocenters. The molecule has 0 unspecified atom stereocenters. The molecular weight excluding hydrogens is 422 g/mol. The molecule has 0 aliphatic heterocycles. The summed E-state index contributed by atoms with van der Waals surface area (Å²) in [6.07, 6.45) is 5.11. The topological polar surface area (TPSA) is 53.1 Å². The molecule has 0 N–H and O–H groups in total. The van der Waals surface area contributed by atoms with Gasteiger partial charge in [-0.05, 0) is 55.5 Å². The van der Waals surface area contributed by atoms with E-state index in [1.54, 1.807) is 6.20 Å². The van der Waals surface area contributed by atoms with Crippen LogP contribution in [0.3, 0.4) is 0 Å². The van der Waals surface area contributed by atoms with Crippen LogP contribution in [-0.2, 0) is 6.42 Å². The number of halogens is 1. The summed E-state index contributed by atoms with van der Waals surface area (Å²) >= 11 is 6.08. The Morgan fingerprint density at radius 2 is 1.88 bits per heavy atom. The molecule has 0 saturated heterocycles.